The Labute approximate surface area is 242 Å². The summed E-state index contributed by atoms with van der Waals surface area (Å²) in [5.41, 5.74) is 2.35. The fraction of sp³-hybridized carbons (Fsp3) is 0.0667. The van der Waals surface area contributed by atoms with Crippen LogP contribution in [0.15, 0.2) is 124 Å². The number of nitrogens with zero attached hydrogens (tertiary/aromatic N) is 3. The maximum absolute atomic E-state index is 14.2. The fourth-order valence-corrected chi connectivity index (χ4v) is 7.48. The van der Waals surface area contributed by atoms with Crippen molar-refractivity contribution in [2.45, 2.75) is 27.7 Å². The van der Waals surface area contributed by atoms with Gasteiger partial charge in [-0.05, 0) is 60.5 Å². The zero-order valence-corrected chi connectivity index (χ0v) is 23.9. The van der Waals surface area contributed by atoms with Crippen molar-refractivity contribution in [1.82, 2.24) is 14.5 Å². The van der Waals surface area contributed by atoms with Crippen LogP contribution in [-0.2, 0) is 32.8 Å². The van der Waals surface area contributed by atoms with Gasteiger partial charge in [-0.25, -0.2) is 26.8 Å². The van der Waals surface area contributed by atoms with Gasteiger partial charge in [0.05, 0.1) is 20.8 Å². The van der Waals surface area contributed by atoms with Crippen LogP contribution in [0.5, 0.6) is 0 Å². The van der Waals surface area contributed by atoms with Crippen LogP contribution in [0.25, 0.3) is 22.2 Å². The Morgan fingerprint density at radius 3 is 1.93 bits per heavy atom. The molecule has 0 spiro atoms. The lowest BCUT2D eigenvalue weighted by molar-refractivity contribution is 0.596. The number of nitrogens with one attached hydrogen (secondary N) is 1. The van der Waals surface area contributed by atoms with Crippen LogP contribution in [0, 0.1) is 0 Å². The third-order valence-corrected chi connectivity index (χ3v) is 10.1. The van der Waals surface area contributed by atoms with Crippen LogP contribution in [0.2, 0.25) is 5.02 Å². The monoisotopic (exact) mass is 602 g/mol. The van der Waals surface area contributed by atoms with Gasteiger partial charge in [-0.3, -0.25) is 4.72 Å². The highest BCUT2D eigenvalue weighted by Gasteiger charge is 2.33. The SMILES string of the molecule is O=S(=O)(Nc1c(S(=O)(=O)c2ccccc2)c2nc3ccccc3nc2n1CCc1ccccc1)c1ccc(Cl)cc1. The Bertz CT molecular complexity index is 2100. The van der Waals surface area contributed by atoms with E-state index in [1.54, 1.807) is 41.0 Å². The van der Waals surface area contributed by atoms with Crippen molar-refractivity contribution in [1.29, 1.82) is 0 Å². The van der Waals surface area contributed by atoms with Gasteiger partial charge in [-0.15, -0.1) is 0 Å². The molecule has 0 radical (unpaired) electrons. The molecule has 0 amide bonds. The van der Waals surface area contributed by atoms with Crippen LogP contribution in [0.3, 0.4) is 0 Å². The van der Waals surface area contributed by atoms with Crippen LogP contribution in [0.1, 0.15) is 5.56 Å². The van der Waals surface area contributed by atoms with Gasteiger partial charge in [0.15, 0.2) is 5.65 Å². The van der Waals surface area contributed by atoms with Gasteiger partial charge in [0.2, 0.25) is 9.84 Å². The summed E-state index contributed by atoms with van der Waals surface area (Å²) >= 11 is 5.99. The first-order valence-corrected chi connectivity index (χ1v) is 16.0. The molecule has 0 saturated carbocycles. The van der Waals surface area contributed by atoms with E-state index in [4.69, 9.17) is 21.6 Å². The smallest absolute Gasteiger partial charge is 0.263 e. The van der Waals surface area contributed by atoms with Crippen molar-refractivity contribution in [3.05, 3.63) is 120 Å². The number of para-hydroxylation sites is 2. The summed E-state index contributed by atoms with van der Waals surface area (Å²) in [4.78, 5) is 9.15. The molecule has 0 bridgehead atoms. The number of benzene rings is 4. The number of fused-ring (bicyclic) bond motifs is 2. The minimum Gasteiger partial charge on any atom is -0.309 e. The predicted octanol–water partition coefficient (Wildman–Crippen LogP) is 6.11. The van der Waals surface area contributed by atoms with Gasteiger partial charge >= 0.3 is 0 Å². The number of aryl methyl sites for hydroxylation is 2. The maximum atomic E-state index is 14.2. The predicted molar refractivity (Wildman–Crippen MR) is 159 cm³/mol. The number of anilines is 1. The quantitative estimate of drug-likeness (QED) is 0.225. The lowest BCUT2D eigenvalue weighted by atomic mass is 10.1. The molecule has 0 aliphatic rings. The van der Waals surface area contributed by atoms with Crippen LogP contribution >= 0.6 is 11.6 Å². The Hall–Kier alpha value is -4.25. The number of aromatic nitrogens is 3. The second-order valence-electron chi connectivity index (χ2n) is 9.33. The minimum absolute atomic E-state index is 0.00371. The standard InChI is InChI=1S/C30H23ClN4O4S2/c31-22-15-17-24(18-16-22)41(38,39)34-30-28(40(36,37)23-11-5-2-6-12-23)27-29(33-26-14-8-7-13-25(26)32-27)35(30)20-19-21-9-3-1-4-10-21/h1-18,34H,19-20H2. The summed E-state index contributed by atoms with van der Waals surface area (Å²) in [5.74, 6) is -0.134. The van der Waals surface area contributed by atoms with Gasteiger partial charge in [-0.2, -0.15) is 0 Å². The molecule has 0 unspecified atom stereocenters. The second kappa shape index (κ2) is 10.6. The summed E-state index contributed by atoms with van der Waals surface area (Å²) in [5, 5.41) is 0.369. The highest BCUT2D eigenvalue weighted by Crippen LogP contribution is 2.38. The summed E-state index contributed by atoms with van der Waals surface area (Å²) in [6, 6.07) is 30.2. The summed E-state index contributed by atoms with van der Waals surface area (Å²) in [6.07, 6.45) is 0.486. The van der Waals surface area contributed by atoms with Gasteiger partial charge in [0.1, 0.15) is 16.2 Å². The zero-order valence-electron chi connectivity index (χ0n) is 21.5. The average molecular weight is 603 g/mol. The van der Waals surface area contributed by atoms with Gasteiger partial charge in [0.25, 0.3) is 10.0 Å². The lowest BCUT2D eigenvalue weighted by Crippen LogP contribution is -2.19. The van der Waals surface area contributed by atoms with Crippen LogP contribution < -0.4 is 4.72 Å². The van der Waals surface area contributed by atoms with Crippen molar-refractivity contribution < 1.29 is 16.8 Å². The molecule has 0 saturated heterocycles. The Balaban J connectivity index is 1.65. The molecular weight excluding hydrogens is 580 g/mol. The molecule has 2 heterocycles. The van der Waals surface area contributed by atoms with Crippen LogP contribution in [0.4, 0.5) is 5.82 Å². The summed E-state index contributed by atoms with van der Waals surface area (Å²) < 4.78 is 59.9. The maximum Gasteiger partial charge on any atom is 0.263 e. The Morgan fingerprint density at radius 2 is 1.27 bits per heavy atom. The van der Waals surface area contributed by atoms with E-state index in [0.29, 0.717) is 22.5 Å². The van der Waals surface area contributed by atoms with E-state index >= 15 is 0 Å². The first kappa shape index (κ1) is 26.9. The first-order chi connectivity index (χ1) is 19.7. The molecule has 0 fully saturated rings. The summed E-state index contributed by atoms with van der Waals surface area (Å²) in [6.45, 7) is 0.232. The van der Waals surface area contributed by atoms with E-state index in [-0.39, 0.29) is 38.2 Å². The molecule has 4 aromatic carbocycles. The number of sulfonamides is 1. The van der Waals surface area contributed by atoms with Gasteiger partial charge in [-0.1, -0.05) is 72.3 Å². The van der Waals surface area contributed by atoms with Crippen LogP contribution in [-0.4, -0.2) is 31.4 Å². The average Bonchev–Trinajstić information content (AvgIpc) is 3.27. The normalized spacial score (nSPS) is 12.1. The first-order valence-electron chi connectivity index (χ1n) is 12.7. The molecule has 11 heteroatoms. The van der Waals surface area contributed by atoms with E-state index in [2.05, 4.69) is 4.72 Å². The molecule has 6 rings (SSSR count). The molecule has 0 atom stereocenters. The molecule has 41 heavy (non-hydrogen) atoms. The van der Waals surface area contributed by atoms with Gasteiger partial charge in [0, 0.05) is 11.6 Å². The topological polar surface area (TPSA) is 111 Å². The van der Waals surface area contributed by atoms with E-state index in [1.807, 2.05) is 36.4 Å². The van der Waals surface area contributed by atoms with Gasteiger partial charge < -0.3 is 4.57 Å². The van der Waals surface area contributed by atoms with E-state index in [0.717, 1.165) is 5.56 Å². The number of rotatable bonds is 8. The second-order valence-corrected chi connectivity index (χ2v) is 13.3. The van der Waals surface area contributed by atoms with Crippen molar-refractivity contribution in [3.8, 4) is 0 Å². The van der Waals surface area contributed by atoms with Crippen molar-refractivity contribution in [3.63, 3.8) is 0 Å². The molecular formula is C30H23ClN4O4S2. The van der Waals surface area contributed by atoms with Crippen molar-refractivity contribution in [2.75, 3.05) is 4.72 Å². The number of sulfone groups is 1. The molecule has 8 nitrogen and oxygen atoms in total. The fourth-order valence-electron chi connectivity index (χ4n) is 4.65. The molecule has 6 aromatic rings. The molecule has 0 aliphatic heterocycles. The third kappa shape index (κ3) is 5.17. The molecule has 2 aromatic heterocycles. The Kier molecular flexibility index (Phi) is 6.98. The molecule has 206 valence electrons. The third-order valence-electron chi connectivity index (χ3n) is 6.65. The highest BCUT2D eigenvalue weighted by molar-refractivity contribution is 7.93. The minimum atomic E-state index is -4.26. The highest BCUT2D eigenvalue weighted by atomic mass is 35.5. The Morgan fingerprint density at radius 1 is 0.683 bits per heavy atom. The number of hydrogen-bond donors (Lipinski definition) is 1. The molecule has 0 aliphatic carbocycles. The zero-order chi connectivity index (χ0) is 28.6. The van der Waals surface area contributed by atoms with Crippen molar-refractivity contribution in [2.24, 2.45) is 0 Å². The largest absolute Gasteiger partial charge is 0.309 e. The van der Waals surface area contributed by atoms with Crippen molar-refractivity contribution >= 4 is 59.5 Å². The lowest BCUT2D eigenvalue weighted by Gasteiger charge is -2.15. The van der Waals surface area contributed by atoms with E-state index < -0.39 is 19.9 Å². The number of hydrogen-bond acceptors (Lipinski definition) is 6. The molecule has 1 N–H and O–H groups in total. The number of halogens is 1. The van der Waals surface area contributed by atoms with E-state index in [9.17, 15) is 16.8 Å². The summed E-state index contributed by atoms with van der Waals surface area (Å²) in [7, 11) is -8.50. The van der Waals surface area contributed by atoms with E-state index in [1.165, 1.54) is 36.4 Å².